The van der Waals surface area contributed by atoms with E-state index in [1.807, 2.05) is 18.2 Å². The molecule has 0 spiro atoms. The number of hydrogen-bond donors (Lipinski definition) is 0. The van der Waals surface area contributed by atoms with Crippen LogP contribution in [0.2, 0.25) is 0 Å². The van der Waals surface area contributed by atoms with Gasteiger partial charge in [0.05, 0.1) is 11.3 Å². The second kappa shape index (κ2) is 6.39. The van der Waals surface area contributed by atoms with Gasteiger partial charge < -0.3 is 4.42 Å². The maximum Gasteiger partial charge on any atom is 0.277 e. The van der Waals surface area contributed by atoms with Crippen LogP contribution < -0.4 is 0 Å². The Morgan fingerprint density at radius 2 is 2.00 bits per heavy atom. The van der Waals surface area contributed by atoms with E-state index in [9.17, 15) is 0 Å². The van der Waals surface area contributed by atoms with Gasteiger partial charge in [0.1, 0.15) is 0 Å². The van der Waals surface area contributed by atoms with Crippen molar-refractivity contribution in [1.82, 2.24) is 10.2 Å². The first-order valence-corrected chi connectivity index (χ1v) is 7.00. The SMILES string of the molecule is C[C@H](Cc1nnc(S[C@@H](C)C#N)o1)c1ccccc1. The highest BCUT2D eigenvalue weighted by Crippen LogP contribution is 2.24. The molecule has 5 heteroatoms. The first-order chi connectivity index (χ1) is 9.19. The lowest BCUT2D eigenvalue weighted by Gasteiger charge is -2.08. The summed E-state index contributed by atoms with van der Waals surface area (Å²) >= 11 is 1.29. The van der Waals surface area contributed by atoms with Crippen molar-refractivity contribution in [3.8, 4) is 6.07 Å². The fourth-order valence-corrected chi connectivity index (χ4v) is 2.29. The third kappa shape index (κ3) is 3.83. The zero-order chi connectivity index (χ0) is 13.7. The Morgan fingerprint density at radius 3 is 2.68 bits per heavy atom. The zero-order valence-corrected chi connectivity index (χ0v) is 11.7. The molecule has 0 saturated carbocycles. The minimum Gasteiger partial charge on any atom is -0.416 e. The Morgan fingerprint density at radius 1 is 1.26 bits per heavy atom. The summed E-state index contributed by atoms with van der Waals surface area (Å²) in [5.41, 5.74) is 1.25. The van der Waals surface area contributed by atoms with Gasteiger partial charge in [0.25, 0.3) is 5.22 Å². The number of benzene rings is 1. The maximum atomic E-state index is 8.74. The van der Waals surface area contributed by atoms with Crippen molar-refractivity contribution in [2.24, 2.45) is 0 Å². The quantitative estimate of drug-likeness (QED) is 0.781. The minimum absolute atomic E-state index is 0.181. The molecule has 0 aliphatic heterocycles. The predicted molar refractivity (Wildman–Crippen MR) is 73.8 cm³/mol. The Balaban J connectivity index is 1.99. The fraction of sp³-hybridized carbons (Fsp3) is 0.357. The van der Waals surface area contributed by atoms with Gasteiger partial charge in [0.2, 0.25) is 5.89 Å². The highest BCUT2D eigenvalue weighted by molar-refractivity contribution is 7.99. The number of rotatable bonds is 5. The molecule has 0 aliphatic rings. The molecule has 0 radical (unpaired) electrons. The van der Waals surface area contributed by atoms with Crippen LogP contribution in [0, 0.1) is 11.3 Å². The second-order valence-electron chi connectivity index (χ2n) is 4.37. The van der Waals surface area contributed by atoms with Crippen LogP contribution in [0.3, 0.4) is 0 Å². The van der Waals surface area contributed by atoms with Gasteiger partial charge >= 0.3 is 0 Å². The topological polar surface area (TPSA) is 62.7 Å². The highest BCUT2D eigenvalue weighted by Gasteiger charge is 2.14. The van der Waals surface area contributed by atoms with Crippen LogP contribution in [0.1, 0.15) is 31.2 Å². The molecule has 1 aromatic heterocycles. The van der Waals surface area contributed by atoms with Crippen molar-refractivity contribution >= 4 is 11.8 Å². The molecule has 2 rings (SSSR count). The summed E-state index contributed by atoms with van der Waals surface area (Å²) in [6, 6.07) is 12.4. The van der Waals surface area contributed by atoms with Gasteiger partial charge in [-0.1, -0.05) is 37.3 Å². The molecule has 0 N–H and O–H groups in total. The molecular weight excluding hydrogens is 258 g/mol. The van der Waals surface area contributed by atoms with Gasteiger partial charge in [-0.3, -0.25) is 0 Å². The number of aromatic nitrogens is 2. The summed E-state index contributed by atoms with van der Waals surface area (Å²) in [5.74, 6) is 0.942. The van der Waals surface area contributed by atoms with E-state index in [-0.39, 0.29) is 5.25 Å². The number of nitrogens with zero attached hydrogens (tertiary/aromatic N) is 3. The third-order valence-corrected chi connectivity index (χ3v) is 3.58. The first kappa shape index (κ1) is 13.6. The monoisotopic (exact) mass is 273 g/mol. The molecule has 2 atom stereocenters. The second-order valence-corrected chi connectivity index (χ2v) is 5.66. The lowest BCUT2D eigenvalue weighted by atomic mass is 9.98. The lowest BCUT2D eigenvalue weighted by molar-refractivity contribution is 0.404. The number of thioether (sulfide) groups is 1. The van der Waals surface area contributed by atoms with Crippen molar-refractivity contribution in [2.45, 2.75) is 36.7 Å². The smallest absolute Gasteiger partial charge is 0.277 e. The molecule has 0 unspecified atom stereocenters. The van der Waals surface area contributed by atoms with Crippen molar-refractivity contribution in [2.75, 3.05) is 0 Å². The minimum atomic E-state index is -0.181. The molecule has 0 saturated heterocycles. The average molecular weight is 273 g/mol. The predicted octanol–water partition coefficient (Wildman–Crippen LogP) is 3.42. The molecule has 1 aromatic carbocycles. The molecule has 98 valence electrons. The van der Waals surface area contributed by atoms with Crippen molar-refractivity contribution in [1.29, 1.82) is 5.26 Å². The number of hydrogen-bond acceptors (Lipinski definition) is 5. The van der Waals surface area contributed by atoms with Crippen LogP contribution >= 0.6 is 11.8 Å². The van der Waals surface area contributed by atoms with E-state index in [1.54, 1.807) is 6.92 Å². The van der Waals surface area contributed by atoms with Crippen LogP contribution in [0.5, 0.6) is 0 Å². The van der Waals surface area contributed by atoms with Gasteiger partial charge in [0, 0.05) is 6.42 Å². The molecule has 0 amide bonds. The van der Waals surface area contributed by atoms with E-state index in [0.29, 0.717) is 23.5 Å². The number of nitriles is 1. The van der Waals surface area contributed by atoms with Crippen LogP contribution in [-0.4, -0.2) is 15.4 Å². The summed E-state index contributed by atoms with van der Waals surface area (Å²) in [4.78, 5) is 0. The molecule has 0 bridgehead atoms. The van der Waals surface area contributed by atoms with Crippen LogP contribution in [0.15, 0.2) is 40.0 Å². The highest BCUT2D eigenvalue weighted by atomic mass is 32.2. The third-order valence-electron chi connectivity index (χ3n) is 2.76. The Hall–Kier alpha value is -1.80. The van der Waals surface area contributed by atoms with Crippen LogP contribution in [0.25, 0.3) is 0 Å². The Kier molecular flexibility index (Phi) is 4.58. The summed E-state index contributed by atoms with van der Waals surface area (Å²) in [6.07, 6.45) is 0.707. The molecule has 0 aliphatic carbocycles. The van der Waals surface area contributed by atoms with E-state index in [0.717, 1.165) is 0 Å². The molecule has 2 aromatic rings. The fourth-order valence-electron chi connectivity index (χ4n) is 1.71. The van der Waals surface area contributed by atoms with Crippen molar-refractivity contribution in [3.05, 3.63) is 41.8 Å². The standard InChI is InChI=1S/C14H15N3OS/c1-10(12-6-4-3-5-7-12)8-13-16-17-14(18-13)19-11(2)9-15/h3-7,10-11H,8H2,1-2H3/t10-,11+/m1/s1. The van der Waals surface area contributed by atoms with Gasteiger partial charge in [-0.15, -0.1) is 10.2 Å². The molecule has 1 heterocycles. The summed E-state index contributed by atoms with van der Waals surface area (Å²) in [6.45, 7) is 3.94. The maximum absolute atomic E-state index is 8.74. The van der Waals surface area contributed by atoms with Gasteiger partial charge in [-0.25, -0.2) is 0 Å². The van der Waals surface area contributed by atoms with Crippen LogP contribution in [0.4, 0.5) is 0 Å². The van der Waals surface area contributed by atoms with Crippen molar-refractivity contribution in [3.63, 3.8) is 0 Å². The van der Waals surface area contributed by atoms with Gasteiger partial charge in [-0.05, 0) is 30.2 Å². The summed E-state index contributed by atoms with van der Waals surface area (Å²) < 4.78 is 5.54. The van der Waals surface area contributed by atoms with Gasteiger partial charge in [-0.2, -0.15) is 5.26 Å². The van der Waals surface area contributed by atoms with Gasteiger partial charge in [0.15, 0.2) is 0 Å². The average Bonchev–Trinajstić information content (AvgIpc) is 2.86. The summed E-state index contributed by atoms with van der Waals surface area (Å²) in [7, 11) is 0. The molecular formula is C14H15N3OS. The zero-order valence-electron chi connectivity index (χ0n) is 10.9. The lowest BCUT2D eigenvalue weighted by Crippen LogP contribution is -1.98. The van der Waals surface area contributed by atoms with E-state index >= 15 is 0 Å². The largest absolute Gasteiger partial charge is 0.416 e. The van der Waals surface area contributed by atoms with E-state index in [1.165, 1.54) is 17.3 Å². The normalized spacial score (nSPS) is 13.7. The van der Waals surface area contributed by atoms with Crippen molar-refractivity contribution < 1.29 is 4.42 Å². The first-order valence-electron chi connectivity index (χ1n) is 6.12. The van der Waals surface area contributed by atoms with E-state index in [4.69, 9.17) is 9.68 Å². The Bertz CT molecular complexity index is 562. The van der Waals surface area contributed by atoms with Crippen LogP contribution in [-0.2, 0) is 6.42 Å². The molecule has 0 fully saturated rings. The molecule has 19 heavy (non-hydrogen) atoms. The Labute approximate surface area is 116 Å². The van der Waals surface area contributed by atoms with E-state index in [2.05, 4.69) is 35.3 Å². The summed E-state index contributed by atoms with van der Waals surface area (Å²) in [5, 5.41) is 17.0. The molecule has 4 nitrogen and oxygen atoms in total. The van der Waals surface area contributed by atoms with E-state index < -0.39 is 0 Å².